The van der Waals surface area contributed by atoms with Crippen molar-refractivity contribution in [3.63, 3.8) is 0 Å². The zero-order chi connectivity index (χ0) is 20.5. The Hall–Kier alpha value is -2.45. The van der Waals surface area contributed by atoms with Crippen molar-refractivity contribution in [2.75, 3.05) is 10.7 Å². The van der Waals surface area contributed by atoms with Crippen molar-refractivity contribution in [1.29, 1.82) is 0 Å². The summed E-state index contributed by atoms with van der Waals surface area (Å²) in [6.45, 7) is 1.73. The fraction of sp³-hybridized carbons (Fsp3) is 0.0500. The summed E-state index contributed by atoms with van der Waals surface area (Å²) < 4.78 is 1.86. The Morgan fingerprint density at radius 2 is 1.79 bits per heavy atom. The van der Waals surface area contributed by atoms with E-state index >= 15 is 0 Å². The molecule has 2 heterocycles. The van der Waals surface area contributed by atoms with E-state index in [4.69, 9.17) is 35.4 Å². The van der Waals surface area contributed by atoms with Gasteiger partial charge < -0.3 is 5.32 Å². The van der Waals surface area contributed by atoms with Crippen molar-refractivity contribution in [2.24, 2.45) is 0 Å². The molecule has 2 aromatic carbocycles. The van der Waals surface area contributed by atoms with Crippen LogP contribution in [0.1, 0.15) is 5.82 Å². The van der Waals surface area contributed by atoms with Crippen molar-refractivity contribution >= 4 is 67.8 Å². The first-order chi connectivity index (χ1) is 13.9. The molecule has 0 spiro atoms. The van der Waals surface area contributed by atoms with Crippen LogP contribution < -0.4 is 16.3 Å². The van der Waals surface area contributed by atoms with Crippen LogP contribution in [0.2, 0.25) is 10.0 Å². The van der Waals surface area contributed by atoms with Crippen LogP contribution in [0, 0.1) is 6.92 Å². The lowest BCUT2D eigenvalue weighted by Crippen LogP contribution is -2.37. The van der Waals surface area contributed by atoms with Gasteiger partial charge in [0.05, 0.1) is 21.2 Å². The minimum atomic E-state index is -0.228. The molecule has 5 nitrogen and oxygen atoms in total. The molecule has 2 N–H and O–H groups in total. The summed E-state index contributed by atoms with van der Waals surface area (Å²) in [7, 11) is 0. The zero-order valence-corrected chi connectivity index (χ0v) is 18.2. The number of anilines is 1. The third kappa shape index (κ3) is 4.00. The highest BCUT2D eigenvalue weighted by atomic mass is 35.5. The average molecular weight is 461 g/mol. The molecule has 0 aliphatic heterocycles. The van der Waals surface area contributed by atoms with E-state index in [9.17, 15) is 4.79 Å². The van der Waals surface area contributed by atoms with E-state index < -0.39 is 0 Å². The van der Waals surface area contributed by atoms with Crippen LogP contribution in [-0.4, -0.2) is 14.8 Å². The summed E-state index contributed by atoms with van der Waals surface area (Å²) in [6, 6.07) is 16.9. The number of thiocarbonyl (C=S) groups is 1. The molecule has 0 aliphatic rings. The van der Waals surface area contributed by atoms with Gasteiger partial charge in [-0.05, 0) is 42.9 Å². The van der Waals surface area contributed by atoms with Crippen LogP contribution in [-0.2, 0) is 0 Å². The van der Waals surface area contributed by atoms with Gasteiger partial charge in [0.1, 0.15) is 10.5 Å². The van der Waals surface area contributed by atoms with Gasteiger partial charge in [-0.25, -0.2) is 9.66 Å². The maximum Gasteiger partial charge on any atom is 0.290 e. The van der Waals surface area contributed by atoms with Gasteiger partial charge in [-0.1, -0.05) is 59.6 Å². The smallest absolute Gasteiger partial charge is 0.290 e. The lowest BCUT2D eigenvalue weighted by atomic mass is 10.2. The van der Waals surface area contributed by atoms with Gasteiger partial charge in [-0.2, -0.15) is 0 Å². The van der Waals surface area contributed by atoms with Crippen molar-refractivity contribution in [1.82, 2.24) is 9.66 Å². The second kappa shape index (κ2) is 8.12. The van der Waals surface area contributed by atoms with Crippen molar-refractivity contribution in [3.05, 3.63) is 80.8 Å². The Balaban J connectivity index is 1.67. The Bertz CT molecular complexity index is 1260. The highest BCUT2D eigenvalue weighted by Gasteiger charge is 2.14. The molecule has 29 heavy (non-hydrogen) atoms. The topological polar surface area (TPSA) is 59.0 Å². The van der Waals surface area contributed by atoms with Crippen molar-refractivity contribution in [2.45, 2.75) is 6.92 Å². The van der Waals surface area contributed by atoms with E-state index in [0.29, 0.717) is 31.8 Å². The Labute approximate surface area is 185 Å². The van der Waals surface area contributed by atoms with Crippen LogP contribution in [0.5, 0.6) is 0 Å². The number of aromatic nitrogens is 2. The molecular weight excluding hydrogens is 447 g/mol. The number of hydrogen-bond acceptors (Lipinski definition) is 4. The monoisotopic (exact) mass is 460 g/mol. The third-order valence-electron chi connectivity index (χ3n) is 4.19. The predicted octanol–water partition coefficient (Wildman–Crippen LogP) is 5.68. The van der Waals surface area contributed by atoms with E-state index in [2.05, 4.69) is 15.7 Å². The highest BCUT2D eigenvalue weighted by molar-refractivity contribution is 7.80. The normalized spacial score (nSPS) is 10.9. The minimum absolute atomic E-state index is 0.172. The molecule has 0 amide bonds. The number of fused-ring (bicyclic) bond motifs is 1. The van der Waals surface area contributed by atoms with Gasteiger partial charge >= 0.3 is 0 Å². The van der Waals surface area contributed by atoms with E-state index in [1.54, 1.807) is 25.1 Å². The Kier molecular flexibility index (Phi) is 5.56. The fourth-order valence-corrected chi connectivity index (χ4v) is 4.54. The first-order valence-corrected chi connectivity index (χ1v) is 10.5. The summed E-state index contributed by atoms with van der Waals surface area (Å²) in [4.78, 5) is 18.6. The Morgan fingerprint density at radius 3 is 2.48 bits per heavy atom. The van der Waals surface area contributed by atoms with Crippen molar-refractivity contribution < 1.29 is 0 Å². The molecule has 2 aromatic heterocycles. The van der Waals surface area contributed by atoms with E-state index in [0.717, 1.165) is 10.4 Å². The number of thiophene rings is 1. The van der Waals surface area contributed by atoms with Gasteiger partial charge in [0.2, 0.25) is 0 Å². The molecule has 0 aliphatic carbocycles. The average Bonchev–Trinajstić information content (AvgIpc) is 3.13. The first-order valence-electron chi connectivity index (χ1n) is 8.54. The van der Waals surface area contributed by atoms with Gasteiger partial charge in [0.25, 0.3) is 5.56 Å². The molecule has 0 saturated carbocycles. The molecule has 0 atom stereocenters. The number of rotatable bonds is 3. The summed E-state index contributed by atoms with van der Waals surface area (Å²) in [5.41, 5.74) is 4.81. The molecular formula is C20H14Cl2N4OS2. The Morgan fingerprint density at radius 1 is 1.10 bits per heavy atom. The van der Waals surface area contributed by atoms with Gasteiger partial charge in [0.15, 0.2) is 5.11 Å². The van der Waals surface area contributed by atoms with E-state index in [-0.39, 0.29) is 10.7 Å². The minimum Gasteiger partial charge on any atom is -0.329 e. The van der Waals surface area contributed by atoms with E-state index in [1.807, 2.05) is 36.4 Å². The number of para-hydroxylation sites is 1. The quantitative estimate of drug-likeness (QED) is 0.385. The molecule has 9 heteroatoms. The van der Waals surface area contributed by atoms with Crippen LogP contribution >= 0.6 is 46.8 Å². The number of aryl methyl sites for hydroxylation is 1. The summed E-state index contributed by atoms with van der Waals surface area (Å²) >= 11 is 19.1. The fourth-order valence-electron chi connectivity index (χ4n) is 2.83. The second-order valence-corrected chi connectivity index (χ2v) is 8.43. The highest BCUT2D eigenvalue weighted by Crippen LogP contribution is 2.31. The number of nitrogens with one attached hydrogen (secondary N) is 2. The summed E-state index contributed by atoms with van der Waals surface area (Å²) in [6.07, 6.45) is 0. The number of hydrogen-bond donors (Lipinski definition) is 2. The number of benzene rings is 2. The standard InChI is InChI=1S/C20H14Cl2N4OS2/c1-11-23-15-10-16(12-6-3-2-4-7-12)29-18(15)19(27)26(11)25-20(28)24-17-13(21)8-5-9-14(17)22/h2-10H,1H3,(H2,24,25,28). The molecule has 4 rings (SSSR count). The summed E-state index contributed by atoms with van der Waals surface area (Å²) in [5, 5.41) is 3.95. The summed E-state index contributed by atoms with van der Waals surface area (Å²) in [5.74, 6) is 0.481. The molecule has 0 radical (unpaired) electrons. The molecule has 146 valence electrons. The maximum absolute atomic E-state index is 13.0. The SMILES string of the molecule is Cc1nc2cc(-c3ccccc3)sc2c(=O)n1NC(=S)Nc1c(Cl)cccc1Cl. The third-order valence-corrected chi connectivity index (χ3v) is 6.17. The van der Waals surface area contributed by atoms with Crippen molar-refractivity contribution in [3.8, 4) is 10.4 Å². The van der Waals surface area contributed by atoms with Gasteiger partial charge in [-0.15, -0.1) is 11.3 Å². The van der Waals surface area contributed by atoms with Crippen LogP contribution in [0.3, 0.4) is 0 Å². The largest absolute Gasteiger partial charge is 0.329 e. The first kappa shape index (κ1) is 19.8. The lowest BCUT2D eigenvalue weighted by molar-refractivity contribution is 0.841. The van der Waals surface area contributed by atoms with E-state index in [1.165, 1.54) is 16.0 Å². The maximum atomic E-state index is 13.0. The number of halogens is 2. The second-order valence-electron chi connectivity index (χ2n) is 6.15. The zero-order valence-electron chi connectivity index (χ0n) is 15.1. The molecule has 4 aromatic rings. The lowest BCUT2D eigenvalue weighted by Gasteiger charge is -2.15. The van der Waals surface area contributed by atoms with Crippen LogP contribution in [0.25, 0.3) is 20.7 Å². The number of nitrogens with zero attached hydrogens (tertiary/aromatic N) is 2. The van der Waals surface area contributed by atoms with Crippen LogP contribution in [0.4, 0.5) is 5.69 Å². The van der Waals surface area contributed by atoms with Gasteiger partial charge in [0, 0.05) is 4.88 Å². The molecule has 0 saturated heterocycles. The molecule has 0 unspecified atom stereocenters. The molecule has 0 fully saturated rings. The molecule has 0 bridgehead atoms. The predicted molar refractivity (Wildman–Crippen MR) is 126 cm³/mol. The van der Waals surface area contributed by atoms with Gasteiger partial charge in [-0.3, -0.25) is 10.2 Å². The van der Waals surface area contributed by atoms with Crippen LogP contribution in [0.15, 0.2) is 59.4 Å².